The van der Waals surface area contributed by atoms with E-state index in [4.69, 9.17) is 49.4 Å². The van der Waals surface area contributed by atoms with Crippen molar-refractivity contribution in [2.24, 2.45) is 29.4 Å². The number of benzene rings is 6. The summed E-state index contributed by atoms with van der Waals surface area (Å²) in [6.07, 6.45) is 4.12. The zero-order valence-corrected chi connectivity index (χ0v) is 76.7. The van der Waals surface area contributed by atoms with Crippen molar-refractivity contribution in [3.63, 3.8) is 0 Å². The first-order chi connectivity index (χ1) is 53.6. The molecule has 6 aromatic rings. The molecule has 3 amide bonds. The Morgan fingerprint density at radius 3 is 1.11 bits per heavy atom. The molecule has 0 saturated heterocycles. The minimum Gasteiger partial charge on any atom is -1.00 e. The van der Waals surface area contributed by atoms with Gasteiger partial charge in [-0.05, 0) is 184 Å². The van der Waals surface area contributed by atoms with Gasteiger partial charge in [-0.25, -0.2) is 70.9 Å². The zero-order chi connectivity index (χ0) is 89.9. The van der Waals surface area contributed by atoms with E-state index in [1.54, 1.807) is 151 Å². The van der Waals surface area contributed by atoms with E-state index in [-0.39, 0.29) is 149 Å². The molecule has 4 atom stereocenters. The maximum Gasteiger partial charge on any atom is 1.00 e. The number of amides is 3. The van der Waals surface area contributed by atoms with Crippen molar-refractivity contribution in [3.8, 4) is 0 Å². The van der Waals surface area contributed by atoms with Gasteiger partial charge in [-0.2, -0.15) is 0 Å². The maximum atomic E-state index is 12.9. The molecule has 6 aromatic carbocycles. The average molecular weight is 1840 g/mol. The van der Waals surface area contributed by atoms with Gasteiger partial charge < -0.3 is 71.8 Å². The number of aliphatic hydroxyl groups is 1. The molecule has 0 radical (unpaired) electrons. The number of carboxylic acids is 2. The molecule has 0 fully saturated rings. The summed E-state index contributed by atoms with van der Waals surface area (Å²) in [5, 5.41) is 43.7. The predicted molar refractivity (Wildman–Crippen MR) is 462 cm³/mol. The van der Waals surface area contributed by atoms with Crippen molar-refractivity contribution in [2.75, 3.05) is 31.3 Å². The summed E-state index contributed by atoms with van der Waals surface area (Å²) in [5.41, 5.74) is 8.96. The number of aromatic carboxylic acids is 1. The van der Waals surface area contributed by atoms with Crippen LogP contribution in [0, 0.1) is 30.6 Å². The van der Waals surface area contributed by atoms with Gasteiger partial charge in [-0.1, -0.05) is 116 Å². The summed E-state index contributed by atoms with van der Waals surface area (Å²) in [6.45, 7) is 26.2. The van der Waals surface area contributed by atoms with Crippen molar-refractivity contribution in [3.05, 3.63) is 178 Å². The van der Waals surface area contributed by atoms with Gasteiger partial charge in [-0.15, -0.1) is 24.8 Å². The van der Waals surface area contributed by atoms with Gasteiger partial charge in [0.25, 0.3) is 5.91 Å². The minimum atomic E-state index is -3.38. The molecule has 7 rings (SSSR count). The summed E-state index contributed by atoms with van der Waals surface area (Å²) in [4.78, 5) is 94.7. The largest absolute Gasteiger partial charge is 1.00 e. The van der Waals surface area contributed by atoms with Gasteiger partial charge in [0.05, 0.1) is 43.3 Å². The fraction of sp³-hybridized carbons (Fsp3) is 0.443. The normalized spacial score (nSPS) is 12.7. The van der Waals surface area contributed by atoms with E-state index in [0.29, 0.717) is 38.8 Å². The number of nitrogens with one attached hydrogen (secondary N) is 3. The number of nitrogens with two attached hydrogens (primary N) is 1. The number of halogens is 2. The summed E-state index contributed by atoms with van der Waals surface area (Å²) in [5.74, 6) is -5.03. The minimum absolute atomic E-state index is 0. The number of fused-ring (bicyclic) bond motifs is 1. The van der Waals surface area contributed by atoms with E-state index in [1.807, 2.05) is 13.8 Å². The number of carbonyl (C=O) groups is 8. The van der Waals surface area contributed by atoms with Crippen molar-refractivity contribution < 1.29 is 149 Å². The van der Waals surface area contributed by atoms with Crippen LogP contribution in [0.15, 0.2) is 158 Å². The Hall–Kier alpha value is -7.96. The number of hydrogen-bond donors (Lipinski definition) is 8. The van der Waals surface area contributed by atoms with Gasteiger partial charge in [0.1, 0.15) is 55.2 Å². The van der Waals surface area contributed by atoms with Gasteiger partial charge in [-0.3, -0.25) is 9.59 Å². The molecule has 670 valence electrons. The number of sulfone groups is 5. The second-order valence-electron chi connectivity index (χ2n) is 30.3. The van der Waals surface area contributed by atoms with Crippen LogP contribution in [0.1, 0.15) is 152 Å². The molecule has 32 nitrogen and oxygen atoms in total. The molecule has 0 aliphatic carbocycles. The van der Waals surface area contributed by atoms with Gasteiger partial charge in [0.15, 0.2) is 66.5 Å². The Balaban J connectivity index is -0.000000703. The number of esters is 3. The van der Waals surface area contributed by atoms with Crippen LogP contribution in [0.25, 0.3) is 0 Å². The van der Waals surface area contributed by atoms with Crippen LogP contribution in [0.2, 0.25) is 0 Å². The fourth-order valence-corrected chi connectivity index (χ4v) is 13.1. The van der Waals surface area contributed by atoms with E-state index in [2.05, 4.69) is 16.0 Å². The maximum absolute atomic E-state index is 12.9. The molecule has 1 aliphatic rings. The van der Waals surface area contributed by atoms with E-state index >= 15 is 0 Å². The first-order valence-corrected chi connectivity index (χ1v) is 45.5. The van der Waals surface area contributed by atoms with Crippen LogP contribution in [0.5, 0.6) is 0 Å². The third kappa shape index (κ3) is 43.3. The number of alkyl carbamates (subject to hydrolysis) is 2. The quantitative estimate of drug-likeness (QED) is 0.0219. The number of carbonyl (C=O) groups excluding carboxylic acids is 6. The van der Waals surface area contributed by atoms with Gasteiger partial charge in [0, 0.05) is 36.8 Å². The van der Waals surface area contributed by atoms with Gasteiger partial charge in [0.2, 0.25) is 0 Å². The number of rotatable bonds is 25. The predicted octanol–water partition coefficient (Wildman–Crippen LogP) is 4.68. The first kappa shape index (κ1) is 117. The van der Waals surface area contributed by atoms with Crippen LogP contribution in [-0.2, 0) is 130 Å². The molecule has 9 N–H and O–H groups in total. The summed E-state index contributed by atoms with van der Waals surface area (Å²) in [7, 11) is -17.5. The monoisotopic (exact) mass is 1840 g/mol. The van der Waals surface area contributed by atoms with Gasteiger partial charge >= 0.3 is 68.0 Å². The molecule has 0 bridgehead atoms. The zero-order valence-electron chi connectivity index (χ0n) is 72.0. The molecule has 1 aliphatic heterocycles. The molecular formula is C79H115AlBCl2LiN4O28S5. The van der Waals surface area contributed by atoms with Crippen LogP contribution < -0.4 is 46.0 Å². The third-order valence-electron chi connectivity index (χ3n) is 16.0. The summed E-state index contributed by atoms with van der Waals surface area (Å²) < 4.78 is 144. The Labute approximate surface area is 747 Å². The van der Waals surface area contributed by atoms with Crippen LogP contribution >= 0.6 is 24.8 Å². The number of aliphatic carboxylic acids is 1. The number of hydrogen-bond acceptors (Lipinski definition) is 27. The summed E-state index contributed by atoms with van der Waals surface area (Å²) >= 11 is 0. The molecule has 0 aromatic heterocycles. The van der Waals surface area contributed by atoms with Crippen molar-refractivity contribution >= 4 is 152 Å². The van der Waals surface area contributed by atoms with E-state index in [9.17, 15) is 85.5 Å². The summed E-state index contributed by atoms with van der Waals surface area (Å²) in [6, 6.07) is 30.1. The van der Waals surface area contributed by atoms with Crippen LogP contribution in [-0.4, -0.2) is 202 Å². The van der Waals surface area contributed by atoms with Crippen molar-refractivity contribution in [1.29, 1.82) is 0 Å². The molecule has 0 spiro atoms. The SMILES string of the molecule is CC(C)[C@H](N)C(=O)OCc1cccc(S(C)(=O)=O)c1.CC(C)[C@H](NC(=O)OC(C)(C)C)C(=O)O.CC(C)[C@H](NC(=O)OC(C)(C)C)C(=O)OCc1cccc(S(C)(=O)=O)c1.CS(=O)(=O)c1cccc(C(=O)O)c1.CS(=O)(=O)c1cccc(CO)c1.Cc1c(C(=O)N[C@H](C(=O)OCc2cccc(S(C)(=O)=O)c2)C(C)C)ccc2c1B(O)OC2.Cl.Cl.[AlH3].[H-].[Li+]. The molecule has 42 heteroatoms. The molecule has 121 heavy (non-hydrogen) atoms. The Kier molecular flexibility index (Phi) is 50.3. The van der Waals surface area contributed by atoms with Crippen molar-refractivity contribution in [1.82, 2.24) is 16.0 Å². The first-order valence-electron chi connectivity index (χ1n) is 36.1. The fourth-order valence-electron chi connectivity index (χ4n) is 9.69. The van der Waals surface area contributed by atoms with E-state index in [1.165, 1.54) is 66.7 Å². The number of ether oxygens (including phenoxy) is 5. The average Bonchev–Trinajstić information content (AvgIpc) is 1.64. The Bertz CT molecular complexity index is 5080. The second-order valence-corrected chi connectivity index (χ2v) is 40.4. The molecule has 0 unspecified atom stereocenters. The Morgan fingerprint density at radius 2 is 0.793 bits per heavy atom. The smallest absolute Gasteiger partial charge is 1.00 e. The van der Waals surface area contributed by atoms with Crippen LogP contribution in [0.4, 0.5) is 9.59 Å². The molecule has 0 saturated carbocycles. The van der Waals surface area contributed by atoms with Crippen molar-refractivity contribution in [2.45, 2.75) is 197 Å². The van der Waals surface area contributed by atoms with E-state index in [0.717, 1.165) is 42.9 Å². The topological polar surface area (TPSA) is 506 Å². The standard InChI is InChI=1S/C22H26BNO7S.C18H27NO6S.C13H19NO4S.C10H19NO4.C8H8O4S.C8H10O3S.Al.2ClH.Li.4H/c1-13(2)20(22(26)30-11-15-6-5-7-17(10-15)32(4,28)29)24-21(25)18-9-8-16-12-31-23(27)19(16)14(18)3;1-12(2)15(19-17(21)25-18(3,4)5)16(20)24-11-13-8-7-9-14(10-13)26(6,22)23;1-9(2)12(14)13(15)18-8-10-5-4-6-11(7-10)19(3,16)17;1-6(2)7(8(12)13)11-9(14)15-10(3,4)5;1-13(11,12)7-4-2-3-6(5-7)8(9)10;1-12(10,11)8-4-2-3-7(5-8)6-9;;;;;;;;/h5-10,13,20,27H,11-12H2,1-4H3,(H,24,25);7-10,12,15H,11H2,1-6H3,(H,19,21);4-7,9,12H,8,14H2,1-3H3;6-7H,1-5H3,(H,11,14)(H,12,13);2-5H,1H3,(H,9,10);2-5,9H,6H2,1H3;;2*1H;;;;;/q;;;;;;;;;+1;;;;-1/t20-;15-;12-;7-;;;;;;;;;;/m0000........../s1. The molecule has 1 heterocycles. The Morgan fingerprint density at radius 1 is 0.479 bits per heavy atom. The van der Waals surface area contributed by atoms with Crippen LogP contribution in [0.3, 0.4) is 0 Å². The number of aliphatic hydroxyl groups excluding tert-OH is 1. The second kappa shape index (κ2) is 52.0. The van der Waals surface area contributed by atoms with E-state index < -0.39 is 140 Å². The third-order valence-corrected chi connectivity index (χ3v) is 21.6. The molecular weight excluding hydrogens is 1730 g/mol. The number of carboxylic acid groups (broad SMARTS) is 2.